The highest BCUT2D eigenvalue weighted by Crippen LogP contribution is 2.04. The molecule has 0 radical (unpaired) electrons. The first-order valence-corrected chi connectivity index (χ1v) is 4.77. The van der Waals surface area contributed by atoms with Gasteiger partial charge in [-0.25, -0.2) is 0 Å². The van der Waals surface area contributed by atoms with E-state index in [1.807, 2.05) is 20.8 Å². The van der Waals surface area contributed by atoms with Crippen LogP contribution in [0.1, 0.15) is 27.7 Å². The Hall–Kier alpha value is -0.390. The molecule has 4 heteroatoms. The minimum Gasteiger partial charge on any atom is -0.259 e. The standard InChI is InChI=1S/C6H8INO2.C2H6/c1-5(7)3-4-6(2)8(9)10;1-2/h3-4H,1-2H3;1-2H3/b5-3+,6-4+;. The van der Waals surface area contributed by atoms with Crippen LogP contribution in [0.3, 0.4) is 0 Å². The van der Waals surface area contributed by atoms with E-state index in [4.69, 9.17) is 0 Å². The van der Waals surface area contributed by atoms with E-state index in [1.54, 1.807) is 6.08 Å². The Bertz CT molecular complexity index is 193. The minimum atomic E-state index is -0.407. The van der Waals surface area contributed by atoms with E-state index in [9.17, 15) is 10.1 Å². The summed E-state index contributed by atoms with van der Waals surface area (Å²) in [4.78, 5) is 9.61. The smallest absolute Gasteiger partial charge is 0.243 e. The summed E-state index contributed by atoms with van der Waals surface area (Å²) in [5.41, 5.74) is 0.163. The summed E-state index contributed by atoms with van der Waals surface area (Å²) in [7, 11) is 0. The first-order valence-electron chi connectivity index (χ1n) is 3.69. The van der Waals surface area contributed by atoms with E-state index in [0.717, 1.165) is 3.58 Å². The third kappa shape index (κ3) is 9.61. The lowest BCUT2D eigenvalue weighted by Crippen LogP contribution is -1.91. The Kier molecular flexibility index (Phi) is 10.3. The van der Waals surface area contributed by atoms with Crippen molar-refractivity contribution in [3.05, 3.63) is 31.5 Å². The van der Waals surface area contributed by atoms with Crippen LogP contribution in [-0.4, -0.2) is 4.92 Å². The van der Waals surface area contributed by atoms with Gasteiger partial charge in [0.1, 0.15) is 0 Å². The van der Waals surface area contributed by atoms with Gasteiger partial charge in [0.2, 0.25) is 5.70 Å². The van der Waals surface area contributed by atoms with E-state index < -0.39 is 4.92 Å². The molecule has 0 aromatic rings. The van der Waals surface area contributed by atoms with Crippen molar-refractivity contribution < 1.29 is 4.92 Å². The lowest BCUT2D eigenvalue weighted by molar-refractivity contribution is -0.424. The fraction of sp³-hybridized carbons (Fsp3) is 0.500. The van der Waals surface area contributed by atoms with E-state index >= 15 is 0 Å². The fourth-order valence-electron chi connectivity index (χ4n) is 0.296. The number of rotatable bonds is 2. The Morgan fingerprint density at radius 2 is 1.75 bits per heavy atom. The molecule has 0 amide bonds. The van der Waals surface area contributed by atoms with Crippen LogP contribution < -0.4 is 0 Å². The van der Waals surface area contributed by atoms with Crippen LogP contribution in [0.15, 0.2) is 21.4 Å². The zero-order valence-electron chi connectivity index (χ0n) is 7.80. The molecule has 0 spiro atoms. The van der Waals surface area contributed by atoms with Crippen molar-refractivity contribution in [2.24, 2.45) is 0 Å². The second-order valence-corrected chi connectivity index (χ2v) is 3.52. The topological polar surface area (TPSA) is 43.1 Å². The second kappa shape index (κ2) is 8.70. The summed E-state index contributed by atoms with van der Waals surface area (Å²) < 4.78 is 1.03. The van der Waals surface area contributed by atoms with Gasteiger partial charge in [0.05, 0.1) is 4.92 Å². The summed E-state index contributed by atoms with van der Waals surface area (Å²) >= 11 is 2.09. The van der Waals surface area contributed by atoms with E-state index in [0.29, 0.717) is 0 Å². The molecule has 0 aromatic carbocycles. The van der Waals surface area contributed by atoms with Crippen molar-refractivity contribution in [2.45, 2.75) is 27.7 Å². The number of hydrogen-bond donors (Lipinski definition) is 0. The van der Waals surface area contributed by atoms with Crippen LogP contribution in [-0.2, 0) is 0 Å². The van der Waals surface area contributed by atoms with Gasteiger partial charge in [-0.2, -0.15) is 0 Å². The molecule has 0 aliphatic heterocycles. The highest BCUT2D eigenvalue weighted by Gasteiger charge is 1.97. The first kappa shape index (κ1) is 14.2. The van der Waals surface area contributed by atoms with Gasteiger partial charge in [-0.05, 0) is 39.2 Å². The average Bonchev–Trinajstić information content (AvgIpc) is 2.03. The second-order valence-electron chi connectivity index (χ2n) is 1.82. The molecule has 0 rings (SSSR count). The van der Waals surface area contributed by atoms with Gasteiger partial charge in [-0.15, -0.1) is 0 Å². The van der Waals surface area contributed by atoms with Gasteiger partial charge in [0.25, 0.3) is 0 Å². The van der Waals surface area contributed by atoms with E-state index in [2.05, 4.69) is 22.6 Å². The molecule has 3 nitrogen and oxygen atoms in total. The van der Waals surface area contributed by atoms with Crippen LogP contribution in [0.5, 0.6) is 0 Å². The Morgan fingerprint density at radius 3 is 2.00 bits per heavy atom. The molecule has 0 fully saturated rings. The first-order chi connectivity index (χ1) is 5.54. The normalized spacial score (nSPS) is 11.8. The molecule has 0 saturated carbocycles. The Morgan fingerprint density at radius 1 is 1.33 bits per heavy atom. The number of nitrogens with zero attached hydrogens (tertiary/aromatic N) is 1. The highest BCUT2D eigenvalue weighted by atomic mass is 127. The molecule has 0 aliphatic rings. The van der Waals surface area contributed by atoms with Crippen LogP contribution >= 0.6 is 22.6 Å². The predicted molar refractivity (Wildman–Crippen MR) is 59.9 cm³/mol. The summed E-state index contributed by atoms with van der Waals surface area (Å²) in [6.07, 6.45) is 3.19. The van der Waals surface area contributed by atoms with E-state index in [1.165, 1.54) is 13.0 Å². The van der Waals surface area contributed by atoms with Gasteiger partial charge >= 0.3 is 0 Å². The van der Waals surface area contributed by atoms with Crippen LogP contribution in [0.2, 0.25) is 0 Å². The molecule has 70 valence electrons. The number of halogens is 1. The molecule has 0 N–H and O–H groups in total. The quantitative estimate of drug-likeness (QED) is 0.337. The SMILES string of the molecule is C/C(I)=C\C=C(/C)[N+](=O)[O-].CC. The number of nitro groups is 1. The predicted octanol–water partition coefficient (Wildman–Crippen LogP) is 3.53. The lowest BCUT2D eigenvalue weighted by atomic mass is 10.4. The van der Waals surface area contributed by atoms with Gasteiger partial charge in [-0.3, -0.25) is 10.1 Å². The molecule has 0 atom stereocenters. The van der Waals surface area contributed by atoms with E-state index in [-0.39, 0.29) is 5.70 Å². The van der Waals surface area contributed by atoms with Gasteiger partial charge < -0.3 is 0 Å². The monoisotopic (exact) mass is 283 g/mol. The van der Waals surface area contributed by atoms with Crippen molar-refractivity contribution >= 4 is 22.6 Å². The zero-order valence-corrected chi connectivity index (χ0v) is 9.95. The van der Waals surface area contributed by atoms with Crippen molar-refractivity contribution in [1.82, 2.24) is 0 Å². The molecule has 0 aromatic heterocycles. The Balaban J connectivity index is 0. The molecule has 12 heavy (non-hydrogen) atoms. The summed E-state index contributed by atoms with van der Waals surface area (Å²) in [5.74, 6) is 0. The Labute approximate surface area is 86.8 Å². The number of allylic oxidation sites excluding steroid dienone is 4. The maximum absolute atomic E-state index is 10.0. The molecule has 0 aliphatic carbocycles. The summed E-state index contributed by atoms with van der Waals surface area (Å²) in [6, 6.07) is 0. The van der Waals surface area contributed by atoms with Crippen molar-refractivity contribution in [1.29, 1.82) is 0 Å². The number of hydrogen-bond acceptors (Lipinski definition) is 2. The molecule has 0 heterocycles. The van der Waals surface area contributed by atoms with Crippen molar-refractivity contribution in [2.75, 3.05) is 0 Å². The largest absolute Gasteiger partial charge is 0.259 e. The van der Waals surface area contributed by atoms with Crippen molar-refractivity contribution in [3.63, 3.8) is 0 Å². The average molecular weight is 283 g/mol. The van der Waals surface area contributed by atoms with Crippen molar-refractivity contribution in [3.8, 4) is 0 Å². The third-order valence-corrected chi connectivity index (χ3v) is 1.20. The van der Waals surface area contributed by atoms with Crippen LogP contribution in [0, 0.1) is 10.1 Å². The van der Waals surface area contributed by atoms with Gasteiger partial charge in [-0.1, -0.05) is 13.8 Å². The molecule has 0 unspecified atom stereocenters. The van der Waals surface area contributed by atoms with Gasteiger partial charge in [0.15, 0.2) is 0 Å². The lowest BCUT2D eigenvalue weighted by Gasteiger charge is -1.85. The zero-order chi connectivity index (χ0) is 10.1. The maximum Gasteiger partial charge on any atom is 0.243 e. The third-order valence-electron chi connectivity index (χ3n) is 0.842. The summed E-state index contributed by atoms with van der Waals surface area (Å²) in [6.45, 7) is 7.35. The van der Waals surface area contributed by atoms with Crippen LogP contribution in [0.25, 0.3) is 0 Å². The summed E-state index contributed by atoms with van der Waals surface area (Å²) in [5, 5.41) is 10.0. The maximum atomic E-state index is 10.0. The molecule has 0 bridgehead atoms. The molecule has 0 saturated heterocycles. The molecular formula is C8H14INO2. The minimum absolute atomic E-state index is 0.163. The van der Waals surface area contributed by atoms with Gasteiger partial charge in [0, 0.05) is 13.0 Å². The van der Waals surface area contributed by atoms with Crippen LogP contribution in [0.4, 0.5) is 0 Å². The fourth-order valence-corrected chi connectivity index (χ4v) is 0.476. The molecular weight excluding hydrogens is 269 g/mol. The highest BCUT2D eigenvalue weighted by molar-refractivity contribution is 14.1.